The molecule has 0 fully saturated rings. The van der Waals surface area contributed by atoms with Gasteiger partial charge in [0.05, 0.1) is 26.4 Å². The molecule has 1 aromatic rings. The summed E-state index contributed by atoms with van der Waals surface area (Å²) in [6.45, 7) is 12.4. The van der Waals surface area contributed by atoms with Crippen molar-refractivity contribution < 1.29 is 14.2 Å². The molecular weight excluding hydrogens is 292 g/mol. The smallest absolute Gasteiger partial charge is 0.121 e. The summed E-state index contributed by atoms with van der Waals surface area (Å²) in [7, 11) is 0. The van der Waals surface area contributed by atoms with E-state index >= 15 is 0 Å². The lowest BCUT2D eigenvalue weighted by Gasteiger charge is -2.12. The van der Waals surface area contributed by atoms with Crippen LogP contribution in [0.5, 0.6) is 5.75 Å². The lowest BCUT2D eigenvalue weighted by molar-refractivity contribution is 0.0370. The Morgan fingerprint density at radius 3 is 2.26 bits per heavy atom. The number of hydrogen-bond donors (Lipinski definition) is 2. The van der Waals surface area contributed by atoms with E-state index in [9.17, 15) is 0 Å². The first-order chi connectivity index (χ1) is 11.1. The maximum atomic E-state index is 5.68. The predicted molar refractivity (Wildman–Crippen MR) is 95.5 cm³/mol. The van der Waals surface area contributed by atoms with E-state index in [1.54, 1.807) is 0 Å². The molecule has 132 valence electrons. The third-order valence-corrected chi connectivity index (χ3v) is 2.96. The Bertz CT molecular complexity index is 411. The van der Waals surface area contributed by atoms with Crippen molar-refractivity contribution in [2.24, 2.45) is 0 Å². The molecule has 1 aromatic carbocycles. The van der Waals surface area contributed by atoms with Gasteiger partial charge in [0.2, 0.25) is 0 Å². The molecule has 5 heteroatoms. The van der Waals surface area contributed by atoms with Crippen LogP contribution in [0.25, 0.3) is 0 Å². The van der Waals surface area contributed by atoms with Gasteiger partial charge in [-0.05, 0) is 26.0 Å². The summed E-state index contributed by atoms with van der Waals surface area (Å²) in [5.41, 5.74) is 1.07. The van der Waals surface area contributed by atoms with Crippen LogP contribution in [-0.4, -0.2) is 51.7 Å². The second-order valence-electron chi connectivity index (χ2n) is 6.01. The van der Waals surface area contributed by atoms with Gasteiger partial charge in [0.15, 0.2) is 0 Å². The molecule has 0 aliphatic heterocycles. The van der Waals surface area contributed by atoms with Gasteiger partial charge in [-0.2, -0.15) is 0 Å². The van der Waals surface area contributed by atoms with Crippen LogP contribution in [0.2, 0.25) is 0 Å². The van der Waals surface area contributed by atoms with Gasteiger partial charge >= 0.3 is 0 Å². The number of benzene rings is 1. The van der Waals surface area contributed by atoms with E-state index in [-0.39, 0.29) is 0 Å². The first kappa shape index (κ1) is 19.7. The monoisotopic (exact) mass is 324 g/mol. The molecule has 23 heavy (non-hydrogen) atoms. The summed E-state index contributed by atoms with van der Waals surface area (Å²) in [5.74, 6) is 0.857. The van der Waals surface area contributed by atoms with Crippen molar-refractivity contribution in [3.05, 3.63) is 24.3 Å². The van der Waals surface area contributed by atoms with E-state index in [4.69, 9.17) is 14.2 Å². The van der Waals surface area contributed by atoms with Crippen LogP contribution in [0, 0.1) is 0 Å². The van der Waals surface area contributed by atoms with E-state index in [0.717, 1.165) is 18.0 Å². The maximum Gasteiger partial charge on any atom is 0.121 e. The van der Waals surface area contributed by atoms with Crippen molar-refractivity contribution in [1.82, 2.24) is 5.32 Å². The third kappa shape index (κ3) is 11.0. The van der Waals surface area contributed by atoms with Crippen LogP contribution >= 0.6 is 0 Å². The first-order valence-corrected chi connectivity index (χ1v) is 8.46. The summed E-state index contributed by atoms with van der Waals surface area (Å²) in [6, 6.07) is 8.89. The second kappa shape index (κ2) is 12.2. The molecule has 0 aliphatic rings. The Kier molecular flexibility index (Phi) is 10.4. The van der Waals surface area contributed by atoms with E-state index in [1.165, 1.54) is 0 Å². The summed E-state index contributed by atoms with van der Waals surface area (Å²) in [5, 5.41) is 6.65. The van der Waals surface area contributed by atoms with Crippen molar-refractivity contribution >= 4 is 5.69 Å². The van der Waals surface area contributed by atoms with Crippen LogP contribution < -0.4 is 15.4 Å². The Labute approximate surface area is 140 Å². The summed E-state index contributed by atoms with van der Waals surface area (Å²) >= 11 is 0. The Hall–Kier alpha value is -1.30. The van der Waals surface area contributed by atoms with Crippen LogP contribution in [0.3, 0.4) is 0 Å². The van der Waals surface area contributed by atoms with E-state index in [2.05, 4.69) is 38.3 Å². The zero-order chi connectivity index (χ0) is 16.9. The molecule has 0 saturated carbocycles. The molecule has 0 aliphatic carbocycles. The fourth-order valence-electron chi connectivity index (χ4n) is 1.97. The average Bonchev–Trinajstić information content (AvgIpc) is 2.48. The number of nitrogens with one attached hydrogen (secondary N) is 2. The Morgan fingerprint density at radius 2 is 1.57 bits per heavy atom. The number of anilines is 1. The number of hydrogen-bond acceptors (Lipinski definition) is 5. The van der Waals surface area contributed by atoms with E-state index < -0.39 is 0 Å². The van der Waals surface area contributed by atoms with Crippen LogP contribution in [0.15, 0.2) is 24.3 Å². The molecule has 0 unspecified atom stereocenters. The third-order valence-electron chi connectivity index (χ3n) is 2.96. The zero-order valence-corrected chi connectivity index (χ0v) is 14.9. The lowest BCUT2D eigenvalue weighted by Crippen LogP contribution is -2.27. The van der Waals surface area contributed by atoms with Crippen LogP contribution in [0.4, 0.5) is 5.69 Å². The highest BCUT2D eigenvalue weighted by molar-refractivity contribution is 5.48. The average molecular weight is 324 g/mol. The minimum Gasteiger partial charge on any atom is -0.491 e. The van der Waals surface area contributed by atoms with Crippen LogP contribution in [0.1, 0.15) is 27.7 Å². The molecule has 0 amide bonds. The minimum atomic E-state index is 0.407. The van der Waals surface area contributed by atoms with Gasteiger partial charge in [0.25, 0.3) is 0 Å². The summed E-state index contributed by atoms with van der Waals surface area (Å²) in [6.07, 6.45) is 0. The highest BCUT2D eigenvalue weighted by Crippen LogP contribution is 2.17. The van der Waals surface area contributed by atoms with Gasteiger partial charge < -0.3 is 24.8 Å². The van der Waals surface area contributed by atoms with Gasteiger partial charge in [-0.15, -0.1) is 0 Å². The molecule has 0 bridgehead atoms. The molecule has 0 spiro atoms. The second-order valence-corrected chi connectivity index (χ2v) is 6.01. The zero-order valence-electron chi connectivity index (χ0n) is 14.9. The first-order valence-electron chi connectivity index (χ1n) is 8.46. The van der Waals surface area contributed by atoms with E-state index in [1.807, 2.05) is 24.3 Å². The van der Waals surface area contributed by atoms with Crippen LogP contribution in [-0.2, 0) is 9.47 Å². The highest BCUT2D eigenvalue weighted by atomic mass is 16.5. The topological polar surface area (TPSA) is 51.8 Å². The molecule has 0 radical (unpaired) electrons. The van der Waals surface area contributed by atoms with Gasteiger partial charge in [-0.1, -0.05) is 19.9 Å². The fourth-order valence-corrected chi connectivity index (χ4v) is 1.97. The van der Waals surface area contributed by atoms with Crippen molar-refractivity contribution in [2.75, 3.05) is 44.9 Å². The highest BCUT2D eigenvalue weighted by Gasteiger charge is 1.99. The predicted octanol–water partition coefficient (Wildman–Crippen LogP) is 2.92. The largest absolute Gasteiger partial charge is 0.491 e. The standard InChI is InChI=1S/C18H32N2O3/c1-15(2)19-8-9-21-10-11-22-12-13-23-18-7-5-6-17(14-18)20-16(3)4/h5-7,14-16,19-20H,8-13H2,1-4H3. The van der Waals surface area contributed by atoms with Gasteiger partial charge in [0.1, 0.15) is 12.4 Å². The summed E-state index contributed by atoms with van der Waals surface area (Å²) < 4.78 is 16.6. The van der Waals surface area contributed by atoms with Gasteiger partial charge in [-0.25, -0.2) is 0 Å². The Balaban J connectivity index is 2.00. The molecule has 0 heterocycles. The van der Waals surface area contributed by atoms with Gasteiger partial charge in [-0.3, -0.25) is 0 Å². The van der Waals surface area contributed by atoms with E-state index in [0.29, 0.717) is 45.1 Å². The van der Waals surface area contributed by atoms with Crippen molar-refractivity contribution in [1.29, 1.82) is 0 Å². The molecule has 1 rings (SSSR count). The minimum absolute atomic E-state index is 0.407. The lowest BCUT2D eigenvalue weighted by atomic mass is 10.2. The molecular formula is C18H32N2O3. The van der Waals surface area contributed by atoms with Gasteiger partial charge in [0, 0.05) is 30.4 Å². The Morgan fingerprint density at radius 1 is 0.870 bits per heavy atom. The number of ether oxygens (including phenoxy) is 3. The van der Waals surface area contributed by atoms with Crippen molar-refractivity contribution in [3.63, 3.8) is 0 Å². The quantitative estimate of drug-likeness (QED) is 0.546. The maximum absolute atomic E-state index is 5.68. The fraction of sp³-hybridized carbons (Fsp3) is 0.667. The molecule has 5 nitrogen and oxygen atoms in total. The molecule has 0 saturated heterocycles. The molecule has 0 aromatic heterocycles. The molecule has 0 atom stereocenters. The van der Waals surface area contributed by atoms with Crippen molar-refractivity contribution in [2.45, 2.75) is 39.8 Å². The molecule has 2 N–H and O–H groups in total. The summed E-state index contributed by atoms with van der Waals surface area (Å²) in [4.78, 5) is 0. The van der Waals surface area contributed by atoms with Crippen molar-refractivity contribution in [3.8, 4) is 5.75 Å². The SMILES string of the molecule is CC(C)NCCOCCOCCOc1cccc(NC(C)C)c1. The number of rotatable bonds is 13. The normalized spacial score (nSPS) is 11.2.